The first-order valence-electron chi connectivity index (χ1n) is 5.67. The van der Waals surface area contributed by atoms with E-state index in [2.05, 4.69) is 5.16 Å². The molecule has 1 aromatic carbocycles. The largest absolute Gasteiger partial charge is 0.485 e. The van der Waals surface area contributed by atoms with E-state index in [1.165, 1.54) is 0 Å². The first-order chi connectivity index (χ1) is 8.34. The number of fused-ring (bicyclic) bond motifs is 1. The van der Waals surface area contributed by atoms with Crippen molar-refractivity contribution in [2.75, 3.05) is 0 Å². The number of hydrogen-bond donors (Lipinski definition) is 1. The van der Waals surface area contributed by atoms with Crippen LogP contribution in [-0.2, 0) is 13.0 Å². The summed E-state index contributed by atoms with van der Waals surface area (Å²) < 4.78 is 10.7. The van der Waals surface area contributed by atoms with Crippen LogP contribution in [0.4, 0.5) is 0 Å². The lowest BCUT2D eigenvalue weighted by molar-refractivity contribution is 0.180. The minimum Gasteiger partial charge on any atom is -0.485 e. The molecule has 0 saturated heterocycles. The molecule has 0 aliphatic heterocycles. The van der Waals surface area contributed by atoms with E-state index < -0.39 is 0 Å². The molecule has 1 atom stereocenters. The van der Waals surface area contributed by atoms with E-state index in [9.17, 15) is 5.11 Å². The molecule has 1 aromatic heterocycles. The Hall–Kier alpha value is -1.81. The molecule has 1 heterocycles. The van der Waals surface area contributed by atoms with Gasteiger partial charge < -0.3 is 14.4 Å². The van der Waals surface area contributed by atoms with Gasteiger partial charge in [0.1, 0.15) is 12.4 Å². The van der Waals surface area contributed by atoms with Gasteiger partial charge >= 0.3 is 0 Å². The van der Waals surface area contributed by atoms with Crippen molar-refractivity contribution in [2.24, 2.45) is 0 Å². The summed E-state index contributed by atoms with van der Waals surface area (Å²) in [5.74, 6) is 1.52. The summed E-state index contributed by atoms with van der Waals surface area (Å²) in [5.41, 5.74) is 2.10. The van der Waals surface area contributed by atoms with E-state index in [4.69, 9.17) is 9.26 Å². The van der Waals surface area contributed by atoms with E-state index in [0.717, 1.165) is 29.7 Å². The normalized spacial score (nSPS) is 18.1. The molecule has 0 radical (unpaired) electrons. The van der Waals surface area contributed by atoms with Gasteiger partial charge in [-0.05, 0) is 24.5 Å². The molecule has 3 rings (SSSR count). The Morgan fingerprint density at radius 2 is 2.35 bits per heavy atom. The molecule has 0 fully saturated rings. The van der Waals surface area contributed by atoms with Gasteiger partial charge in [0.2, 0.25) is 0 Å². The van der Waals surface area contributed by atoms with Crippen molar-refractivity contribution in [3.05, 3.63) is 47.3 Å². The van der Waals surface area contributed by atoms with Crippen LogP contribution in [0.3, 0.4) is 0 Å². The monoisotopic (exact) mass is 231 g/mol. The molecule has 17 heavy (non-hydrogen) atoms. The number of ether oxygens (including phenoxy) is 1. The summed E-state index contributed by atoms with van der Waals surface area (Å²) in [6.07, 6.45) is 2.89. The second-order valence-corrected chi connectivity index (χ2v) is 4.15. The van der Waals surface area contributed by atoms with Crippen molar-refractivity contribution in [2.45, 2.75) is 25.6 Å². The fourth-order valence-electron chi connectivity index (χ4n) is 2.20. The van der Waals surface area contributed by atoms with Gasteiger partial charge in [0.15, 0.2) is 5.76 Å². The average Bonchev–Trinajstić information content (AvgIpc) is 2.97. The first-order valence-corrected chi connectivity index (χ1v) is 5.67. The van der Waals surface area contributed by atoms with Crippen molar-refractivity contribution in [3.63, 3.8) is 0 Å². The topological polar surface area (TPSA) is 55.5 Å². The van der Waals surface area contributed by atoms with Gasteiger partial charge in [-0.1, -0.05) is 17.3 Å². The molecular formula is C13H13NO3. The molecule has 1 aliphatic rings. The quantitative estimate of drug-likeness (QED) is 0.880. The third-order valence-electron chi connectivity index (χ3n) is 3.06. The van der Waals surface area contributed by atoms with E-state index in [1.807, 2.05) is 18.2 Å². The van der Waals surface area contributed by atoms with E-state index >= 15 is 0 Å². The zero-order valence-electron chi connectivity index (χ0n) is 9.30. The number of aliphatic hydroxyl groups excluding tert-OH is 1. The lowest BCUT2D eigenvalue weighted by Gasteiger charge is -2.09. The smallest absolute Gasteiger partial charge is 0.174 e. The molecule has 1 N–H and O–H groups in total. The maximum absolute atomic E-state index is 9.77. The Morgan fingerprint density at radius 3 is 3.18 bits per heavy atom. The lowest BCUT2D eigenvalue weighted by Crippen LogP contribution is -1.98. The van der Waals surface area contributed by atoms with Crippen LogP contribution < -0.4 is 4.74 Å². The van der Waals surface area contributed by atoms with Gasteiger partial charge in [-0.3, -0.25) is 0 Å². The fraction of sp³-hybridized carbons (Fsp3) is 0.308. The molecule has 88 valence electrons. The highest BCUT2D eigenvalue weighted by Gasteiger charge is 2.23. The molecule has 1 unspecified atom stereocenters. The first kappa shape index (κ1) is 10.4. The molecule has 0 amide bonds. The number of rotatable bonds is 3. The summed E-state index contributed by atoms with van der Waals surface area (Å²) in [5, 5.41) is 13.4. The van der Waals surface area contributed by atoms with Gasteiger partial charge in [0, 0.05) is 11.6 Å². The van der Waals surface area contributed by atoms with Crippen LogP contribution >= 0.6 is 0 Å². The lowest BCUT2D eigenvalue weighted by atomic mass is 10.1. The van der Waals surface area contributed by atoms with Crippen LogP contribution in [0.15, 0.2) is 35.0 Å². The van der Waals surface area contributed by atoms with Gasteiger partial charge in [0.05, 0.1) is 12.3 Å². The van der Waals surface area contributed by atoms with Crippen molar-refractivity contribution in [1.82, 2.24) is 5.16 Å². The highest BCUT2D eigenvalue weighted by Crippen LogP contribution is 2.36. The van der Waals surface area contributed by atoms with E-state index in [-0.39, 0.29) is 6.10 Å². The SMILES string of the molecule is OC1CCc2c(OCc3ccno3)cccc21. The van der Waals surface area contributed by atoms with Crippen molar-refractivity contribution >= 4 is 0 Å². The molecule has 1 aliphatic carbocycles. The molecule has 4 heteroatoms. The number of aliphatic hydroxyl groups is 1. The second kappa shape index (κ2) is 4.22. The highest BCUT2D eigenvalue weighted by atomic mass is 16.5. The Bertz CT molecular complexity index is 507. The maximum atomic E-state index is 9.77. The average molecular weight is 231 g/mol. The molecule has 0 bridgehead atoms. The van der Waals surface area contributed by atoms with Crippen molar-refractivity contribution in [1.29, 1.82) is 0 Å². The van der Waals surface area contributed by atoms with Crippen LogP contribution in [0.25, 0.3) is 0 Å². The van der Waals surface area contributed by atoms with Gasteiger partial charge in [-0.25, -0.2) is 0 Å². The van der Waals surface area contributed by atoms with E-state index in [1.54, 1.807) is 12.3 Å². The summed E-state index contributed by atoms with van der Waals surface area (Å²) in [6, 6.07) is 7.56. The summed E-state index contributed by atoms with van der Waals surface area (Å²) in [4.78, 5) is 0. The Morgan fingerprint density at radius 1 is 1.41 bits per heavy atom. The van der Waals surface area contributed by atoms with Crippen molar-refractivity contribution in [3.8, 4) is 5.75 Å². The van der Waals surface area contributed by atoms with E-state index in [0.29, 0.717) is 12.4 Å². The third-order valence-corrected chi connectivity index (χ3v) is 3.06. The summed E-state index contributed by atoms with van der Waals surface area (Å²) >= 11 is 0. The minimum atomic E-state index is -0.348. The maximum Gasteiger partial charge on any atom is 0.174 e. The highest BCUT2D eigenvalue weighted by molar-refractivity contribution is 5.44. The standard InChI is InChI=1S/C13H13NO3/c15-12-5-4-11-10(12)2-1-3-13(11)16-8-9-6-7-14-17-9/h1-3,6-7,12,15H,4-5,8H2. The van der Waals surface area contributed by atoms with Crippen LogP contribution in [0.5, 0.6) is 5.75 Å². The predicted molar refractivity (Wildman–Crippen MR) is 60.6 cm³/mol. The fourth-order valence-corrected chi connectivity index (χ4v) is 2.20. The van der Waals surface area contributed by atoms with Crippen LogP contribution in [0.1, 0.15) is 29.4 Å². The Kier molecular flexibility index (Phi) is 2.57. The number of benzene rings is 1. The van der Waals surface area contributed by atoms with Crippen LogP contribution in [-0.4, -0.2) is 10.3 Å². The minimum absolute atomic E-state index is 0.348. The van der Waals surface area contributed by atoms with Crippen LogP contribution in [0.2, 0.25) is 0 Å². The molecule has 2 aromatic rings. The van der Waals surface area contributed by atoms with Gasteiger partial charge in [-0.2, -0.15) is 0 Å². The van der Waals surface area contributed by atoms with Gasteiger partial charge in [-0.15, -0.1) is 0 Å². The number of nitrogens with zero attached hydrogens (tertiary/aromatic N) is 1. The molecular weight excluding hydrogens is 218 g/mol. The van der Waals surface area contributed by atoms with Gasteiger partial charge in [0.25, 0.3) is 0 Å². The predicted octanol–water partition coefficient (Wildman–Crippen LogP) is 2.23. The zero-order valence-corrected chi connectivity index (χ0v) is 9.30. The Labute approximate surface area is 98.8 Å². The summed E-state index contributed by atoms with van der Waals surface area (Å²) in [6.45, 7) is 0.368. The zero-order chi connectivity index (χ0) is 11.7. The van der Waals surface area contributed by atoms with Crippen LogP contribution in [0, 0.1) is 0 Å². The Balaban J connectivity index is 1.80. The number of hydrogen-bond acceptors (Lipinski definition) is 4. The molecule has 0 saturated carbocycles. The molecule has 4 nitrogen and oxygen atoms in total. The van der Waals surface area contributed by atoms with Crippen molar-refractivity contribution < 1.29 is 14.4 Å². The summed E-state index contributed by atoms with van der Waals surface area (Å²) in [7, 11) is 0. The third kappa shape index (κ3) is 1.91. The number of aromatic nitrogens is 1. The second-order valence-electron chi connectivity index (χ2n) is 4.15. The molecule has 0 spiro atoms.